The highest BCUT2D eigenvalue weighted by atomic mass is 16.5. The Morgan fingerprint density at radius 3 is 2.80 bits per heavy atom. The highest BCUT2D eigenvalue weighted by Gasteiger charge is 2.45. The summed E-state index contributed by atoms with van der Waals surface area (Å²) < 4.78 is 11.1. The maximum atomic E-state index is 12.5. The first-order chi connectivity index (χ1) is 9.74. The van der Waals surface area contributed by atoms with Crippen LogP contribution in [0.5, 0.6) is 0 Å². The first-order valence-corrected chi connectivity index (χ1v) is 7.95. The molecule has 3 fully saturated rings. The van der Waals surface area contributed by atoms with Crippen molar-refractivity contribution in [2.45, 2.75) is 69.4 Å². The molecule has 2 aliphatic carbocycles. The lowest BCUT2D eigenvalue weighted by Crippen LogP contribution is -2.62. The molecule has 1 aliphatic heterocycles. The van der Waals surface area contributed by atoms with Gasteiger partial charge in [-0.3, -0.25) is 9.69 Å². The molecule has 0 aromatic heterocycles. The van der Waals surface area contributed by atoms with Gasteiger partial charge in [0.15, 0.2) is 0 Å². The van der Waals surface area contributed by atoms with Crippen molar-refractivity contribution in [3.8, 4) is 0 Å². The van der Waals surface area contributed by atoms with Gasteiger partial charge in [-0.2, -0.15) is 0 Å². The number of ether oxygens (including phenoxy) is 2. The van der Waals surface area contributed by atoms with Crippen molar-refractivity contribution in [2.24, 2.45) is 0 Å². The van der Waals surface area contributed by atoms with Gasteiger partial charge in [-0.1, -0.05) is 0 Å². The first-order valence-electron chi connectivity index (χ1n) is 7.95. The van der Waals surface area contributed by atoms with E-state index in [4.69, 9.17) is 9.47 Å². The van der Waals surface area contributed by atoms with Gasteiger partial charge in [0.2, 0.25) is 5.91 Å². The summed E-state index contributed by atoms with van der Waals surface area (Å²) in [6.07, 6.45) is 5.69. The molecule has 3 rings (SSSR count). The molecule has 5 nitrogen and oxygen atoms in total. The average molecular weight is 282 g/mol. The van der Waals surface area contributed by atoms with Crippen LogP contribution in [-0.2, 0) is 14.3 Å². The molecular weight excluding hydrogens is 256 g/mol. The summed E-state index contributed by atoms with van der Waals surface area (Å²) in [5.74, 6) is 0.191. The number of nitrogens with one attached hydrogen (secondary N) is 1. The molecule has 0 aromatic carbocycles. The van der Waals surface area contributed by atoms with Crippen LogP contribution in [-0.4, -0.2) is 61.4 Å². The Morgan fingerprint density at radius 1 is 1.35 bits per heavy atom. The molecule has 1 heterocycles. The molecule has 4 atom stereocenters. The molecule has 0 unspecified atom stereocenters. The van der Waals surface area contributed by atoms with E-state index >= 15 is 0 Å². The minimum absolute atomic E-state index is 0.00896. The standard InChI is InChI=1S/C15H26N2O3/c1-3-20-13-9-11(14(13)19-2)16-15(18)12-5-4-8-17(12)10-6-7-10/h10-14H,3-9H2,1-2H3,(H,16,18)/t11-,12+,13+,14-/m0/s1. The van der Waals surface area contributed by atoms with Crippen molar-refractivity contribution in [1.82, 2.24) is 10.2 Å². The maximum Gasteiger partial charge on any atom is 0.237 e. The van der Waals surface area contributed by atoms with Crippen LogP contribution < -0.4 is 5.32 Å². The van der Waals surface area contributed by atoms with Crippen LogP contribution in [0.15, 0.2) is 0 Å². The van der Waals surface area contributed by atoms with E-state index in [9.17, 15) is 4.79 Å². The molecular formula is C15H26N2O3. The Hall–Kier alpha value is -0.650. The minimum Gasteiger partial charge on any atom is -0.377 e. The van der Waals surface area contributed by atoms with E-state index in [1.807, 2.05) is 6.92 Å². The Bertz CT molecular complexity index is 359. The zero-order valence-electron chi connectivity index (χ0n) is 12.5. The Morgan fingerprint density at radius 2 is 2.15 bits per heavy atom. The Balaban J connectivity index is 1.51. The van der Waals surface area contributed by atoms with Gasteiger partial charge in [0.05, 0.1) is 18.2 Å². The SMILES string of the molecule is CCO[C@@H]1C[C@H](NC(=O)[C@H]2CCCN2C2CC2)[C@@H]1OC. The topological polar surface area (TPSA) is 50.8 Å². The lowest BCUT2D eigenvalue weighted by Gasteiger charge is -2.43. The zero-order valence-corrected chi connectivity index (χ0v) is 12.5. The number of nitrogens with zero attached hydrogens (tertiary/aromatic N) is 1. The van der Waals surface area contributed by atoms with Crippen LogP contribution in [0.2, 0.25) is 0 Å². The monoisotopic (exact) mass is 282 g/mol. The van der Waals surface area contributed by atoms with E-state index in [-0.39, 0.29) is 30.2 Å². The van der Waals surface area contributed by atoms with Crippen molar-refractivity contribution >= 4 is 5.91 Å². The third-order valence-corrected chi connectivity index (χ3v) is 4.84. The number of hydrogen-bond donors (Lipinski definition) is 1. The van der Waals surface area contributed by atoms with E-state index in [2.05, 4.69) is 10.2 Å². The van der Waals surface area contributed by atoms with Crippen LogP contribution in [0.25, 0.3) is 0 Å². The molecule has 2 saturated carbocycles. The smallest absolute Gasteiger partial charge is 0.237 e. The van der Waals surface area contributed by atoms with Crippen LogP contribution >= 0.6 is 0 Å². The van der Waals surface area contributed by atoms with E-state index in [0.29, 0.717) is 12.6 Å². The molecule has 1 saturated heterocycles. The fraction of sp³-hybridized carbons (Fsp3) is 0.933. The summed E-state index contributed by atoms with van der Waals surface area (Å²) in [4.78, 5) is 14.9. The van der Waals surface area contributed by atoms with E-state index in [1.165, 1.54) is 12.8 Å². The maximum absolute atomic E-state index is 12.5. The van der Waals surface area contributed by atoms with Gasteiger partial charge in [-0.25, -0.2) is 0 Å². The van der Waals surface area contributed by atoms with Crippen molar-refractivity contribution < 1.29 is 14.3 Å². The zero-order chi connectivity index (χ0) is 14.1. The number of amides is 1. The molecule has 1 amide bonds. The Kier molecular flexibility index (Phi) is 4.29. The summed E-state index contributed by atoms with van der Waals surface area (Å²) in [6, 6.07) is 0.876. The molecule has 0 aromatic rings. The molecule has 20 heavy (non-hydrogen) atoms. The van der Waals surface area contributed by atoms with Gasteiger partial charge in [0.1, 0.15) is 6.10 Å². The number of methoxy groups -OCH3 is 1. The van der Waals surface area contributed by atoms with Gasteiger partial charge < -0.3 is 14.8 Å². The fourth-order valence-electron chi connectivity index (χ4n) is 3.61. The van der Waals surface area contributed by atoms with E-state index in [0.717, 1.165) is 25.8 Å². The molecule has 0 spiro atoms. The van der Waals surface area contributed by atoms with Crippen LogP contribution in [0.4, 0.5) is 0 Å². The molecule has 3 aliphatic rings. The second kappa shape index (κ2) is 6.00. The van der Waals surface area contributed by atoms with Gasteiger partial charge in [0.25, 0.3) is 0 Å². The minimum atomic E-state index is 0.00896. The van der Waals surface area contributed by atoms with Gasteiger partial charge in [-0.15, -0.1) is 0 Å². The Labute approximate surface area is 121 Å². The molecule has 0 radical (unpaired) electrons. The third kappa shape index (κ3) is 2.71. The summed E-state index contributed by atoms with van der Waals surface area (Å²) >= 11 is 0. The predicted molar refractivity (Wildman–Crippen MR) is 75.5 cm³/mol. The number of likely N-dealkylation sites (tertiary alicyclic amines) is 1. The number of rotatable bonds is 6. The largest absolute Gasteiger partial charge is 0.377 e. The van der Waals surface area contributed by atoms with Gasteiger partial charge >= 0.3 is 0 Å². The normalized spacial score (nSPS) is 37.7. The highest BCUT2D eigenvalue weighted by molar-refractivity contribution is 5.82. The first kappa shape index (κ1) is 14.3. The summed E-state index contributed by atoms with van der Waals surface area (Å²) in [6.45, 7) is 3.77. The van der Waals surface area contributed by atoms with Crippen LogP contribution in [0.3, 0.4) is 0 Å². The number of carbonyl (C=O) groups is 1. The number of carbonyl (C=O) groups excluding carboxylic acids is 1. The number of hydrogen-bond acceptors (Lipinski definition) is 4. The van der Waals surface area contributed by atoms with Gasteiger partial charge in [0, 0.05) is 19.8 Å². The van der Waals surface area contributed by atoms with Crippen molar-refractivity contribution in [3.63, 3.8) is 0 Å². The molecule has 0 bridgehead atoms. The van der Waals surface area contributed by atoms with E-state index < -0.39 is 0 Å². The van der Waals surface area contributed by atoms with Crippen molar-refractivity contribution in [3.05, 3.63) is 0 Å². The predicted octanol–water partition coefficient (Wildman–Crippen LogP) is 0.922. The highest BCUT2D eigenvalue weighted by Crippen LogP contribution is 2.34. The van der Waals surface area contributed by atoms with Crippen molar-refractivity contribution in [1.29, 1.82) is 0 Å². The quantitative estimate of drug-likeness (QED) is 0.787. The molecule has 1 N–H and O–H groups in total. The molecule has 114 valence electrons. The fourth-order valence-corrected chi connectivity index (χ4v) is 3.61. The lowest BCUT2D eigenvalue weighted by molar-refractivity contribution is -0.145. The summed E-state index contributed by atoms with van der Waals surface area (Å²) in [7, 11) is 1.70. The summed E-state index contributed by atoms with van der Waals surface area (Å²) in [5.41, 5.74) is 0. The second-order valence-corrected chi connectivity index (χ2v) is 6.17. The van der Waals surface area contributed by atoms with E-state index in [1.54, 1.807) is 7.11 Å². The van der Waals surface area contributed by atoms with Crippen molar-refractivity contribution in [2.75, 3.05) is 20.3 Å². The molecule has 5 heteroatoms. The van der Waals surface area contributed by atoms with Crippen LogP contribution in [0.1, 0.15) is 39.0 Å². The summed E-state index contributed by atoms with van der Waals surface area (Å²) in [5, 5.41) is 3.17. The lowest BCUT2D eigenvalue weighted by atomic mass is 9.85. The van der Waals surface area contributed by atoms with Gasteiger partial charge in [-0.05, 0) is 45.6 Å². The average Bonchev–Trinajstić information content (AvgIpc) is 3.15. The third-order valence-electron chi connectivity index (χ3n) is 4.84. The second-order valence-electron chi connectivity index (χ2n) is 6.17. The van der Waals surface area contributed by atoms with Crippen LogP contribution in [0, 0.1) is 0 Å².